The van der Waals surface area contributed by atoms with Gasteiger partial charge in [0, 0.05) is 32.3 Å². The molecule has 6 aromatic heterocycles. The van der Waals surface area contributed by atoms with Gasteiger partial charge in [-0.25, -0.2) is 0 Å². The van der Waals surface area contributed by atoms with Gasteiger partial charge in [0.2, 0.25) is 0 Å². The molecule has 0 bridgehead atoms. The summed E-state index contributed by atoms with van der Waals surface area (Å²) >= 11 is 7.27. The zero-order valence-corrected chi connectivity index (χ0v) is 29.4. The molecule has 4 aromatic carbocycles. The number of hydrogen-bond donors (Lipinski definition) is 0. The summed E-state index contributed by atoms with van der Waals surface area (Å²) in [5.41, 5.74) is 14.6. The van der Waals surface area contributed by atoms with Gasteiger partial charge in [-0.1, -0.05) is 60.7 Å². The summed E-state index contributed by atoms with van der Waals surface area (Å²) in [6.45, 7) is 7.76. The third-order valence-electron chi connectivity index (χ3n) is 9.68. The number of fused-ring (bicyclic) bond motifs is 9. The second-order valence-corrected chi connectivity index (χ2v) is 16.3. The highest BCUT2D eigenvalue weighted by Crippen LogP contribution is 2.48. The summed E-state index contributed by atoms with van der Waals surface area (Å²) in [5.74, 6) is 0. The average Bonchev–Trinajstić information content (AvgIpc) is 4.01. The first-order chi connectivity index (χ1) is 24.7. The van der Waals surface area contributed by atoms with Gasteiger partial charge in [-0.2, -0.15) is 6.57 Å². The molecule has 0 saturated carbocycles. The smallest absolute Gasteiger partial charge is 0.161 e. The quantitative estimate of drug-likeness (QED) is 0.128. The molecule has 0 N–H and O–H groups in total. The molecule has 6 heterocycles. The molecule has 234 valence electrons. The molecule has 0 amide bonds. The van der Waals surface area contributed by atoms with Crippen LogP contribution in [0.4, 0.5) is 0 Å². The Morgan fingerprint density at radius 1 is 0.480 bits per heavy atom. The Bertz CT molecular complexity index is 2850. The minimum atomic E-state index is 0.750. The minimum absolute atomic E-state index is 0.750. The SMILES string of the molecule is [C-]#[N+]N=C1c2cc(-c3cc4c(s3)c3sccc3n4-c3ccccc3)ccc2-c2ccc(-c3cc4c(s3)c3sccc3n4-c3ccccc3)cc21. The van der Waals surface area contributed by atoms with Gasteiger partial charge >= 0.3 is 0 Å². The topological polar surface area (TPSA) is 26.6 Å². The van der Waals surface area contributed by atoms with Gasteiger partial charge in [0.15, 0.2) is 5.71 Å². The first-order valence-electron chi connectivity index (χ1n) is 16.1. The molecule has 50 heavy (non-hydrogen) atoms. The Morgan fingerprint density at radius 3 is 1.42 bits per heavy atom. The molecule has 8 heteroatoms. The van der Waals surface area contributed by atoms with Crippen molar-refractivity contribution in [3.8, 4) is 43.4 Å². The Morgan fingerprint density at radius 2 is 0.960 bits per heavy atom. The summed E-state index contributed by atoms with van der Waals surface area (Å²) < 4.78 is 9.99. The molecule has 11 rings (SSSR count). The van der Waals surface area contributed by atoms with Crippen LogP contribution in [0, 0.1) is 6.57 Å². The highest BCUT2D eigenvalue weighted by atomic mass is 32.1. The number of thiophene rings is 4. The van der Waals surface area contributed by atoms with Crippen LogP contribution < -0.4 is 0 Å². The number of aromatic nitrogens is 2. The van der Waals surface area contributed by atoms with E-state index < -0.39 is 0 Å². The van der Waals surface area contributed by atoms with Gasteiger partial charge < -0.3 is 9.13 Å². The van der Waals surface area contributed by atoms with Crippen LogP contribution in [0.5, 0.6) is 0 Å². The maximum absolute atomic E-state index is 7.76. The minimum Gasteiger partial charge on any atom is -0.307 e. The normalized spacial score (nSPS) is 12.3. The Balaban J connectivity index is 1.02. The van der Waals surface area contributed by atoms with Crippen molar-refractivity contribution < 1.29 is 0 Å². The Labute approximate surface area is 302 Å². The predicted molar refractivity (Wildman–Crippen MR) is 215 cm³/mol. The van der Waals surface area contributed by atoms with Crippen molar-refractivity contribution in [1.82, 2.24) is 9.13 Å². The van der Waals surface area contributed by atoms with E-state index >= 15 is 0 Å². The third kappa shape index (κ3) is 3.97. The zero-order chi connectivity index (χ0) is 32.9. The maximum atomic E-state index is 7.76. The van der Waals surface area contributed by atoms with Crippen LogP contribution in [-0.4, -0.2) is 14.8 Å². The second-order valence-electron chi connectivity index (χ2n) is 12.3. The fourth-order valence-corrected chi connectivity index (χ4v) is 11.9. The summed E-state index contributed by atoms with van der Waals surface area (Å²) in [6, 6.07) is 43.6. The molecule has 0 unspecified atom stereocenters. The van der Waals surface area contributed by atoms with E-state index in [2.05, 4.69) is 151 Å². The molecular weight excluding hydrogens is 689 g/mol. The van der Waals surface area contributed by atoms with Gasteiger partial charge in [0.05, 0.1) is 46.0 Å². The van der Waals surface area contributed by atoms with Crippen LogP contribution >= 0.6 is 45.3 Å². The fraction of sp³-hybridized carbons (Fsp3) is 0. The predicted octanol–water partition coefficient (Wildman–Crippen LogP) is 13.1. The first kappa shape index (κ1) is 28.3. The van der Waals surface area contributed by atoms with Crippen LogP contribution in [0.15, 0.2) is 137 Å². The maximum Gasteiger partial charge on any atom is 0.161 e. The van der Waals surface area contributed by atoms with E-state index in [-0.39, 0.29) is 0 Å². The van der Waals surface area contributed by atoms with Gasteiger partial charge in [-0.15, -0.1) is 50.3 Å². The molecule has 1 aliphatic carbocycles. The average molecular weight is 711 g/mol. The third-order valence-corrected chi connectivity index (χ3v) is 14.2. The highest BCUT2D eigenvalue weighted by molar-refractivity contribution is 7.29. The highest BCUT2D eigenvalue weighted by Gasteiger charge is 2.29. The van der Waals surface area contributed by atoms with Crippen LogP contribution in [0.1, 0.15) is 11.1 Å². The monoisotopic (exact) mass is 710 g/mol. The Hall–Kier alpha value is -5.56. The van der Waals surface area contributed by atoms with Crippen molar-refractivity contribution in [3.63, 3.8) is 0 Å². The molecule has 4 nitrogen and oxygen atoms in total. The van der Waals surface area contributed by atoms with Gasteiger partial charge in [0.25, 0.3) is 0 Å². The Kier molecular flexibility index (Phi) is 6.07. The number of benzene rings is 4. The van der Waals surface area contributed by atoms with E-state index in [0.29, 0.717) is 0 Å². The molecular formula is C42H22N4S4. The van der Waals surface area contributed by atoms with Crippen LogP contribution in [-0.2, 0) is 0 Å². The molecule has 0 spiro atoms. The number of rotatable bonds is 4. The van der Waals surface area contributed by atoms with Crippen molar-refractivity contribution in [3.05, 3.63) is 155 Å². The van der Waals surface area contributed by atoms with Crippen molar-refractivity contribution >= 4 is 91.9 Å². The summed E-state index contributed by atoms with van der Waals surface area (Å²) in [7, 11) is 0. The van der Waals surface area contributed by atoms with Crippen molar-refractivity contribution in [2.24, 2.45) is 5.10 Å². The summed E-state index contributed by atoms with van der Waals surface area (Å²) in [6.07, 6.45) is 0. The van der Waals surface area contributed by atoms with Crippen LogP contribution in [0.25, 0.3) is 89.2 Å². The second kappa shape index (κ2) is 10.7. The van der Waals surface area contributed by atoms with E-state index in [0.717, 1.165) is 39.1 Å². The van der Waals surface area contributed by atoms with Gasteiger partial charge in [0.1, 0.15) is 0 Å². The van der Waals surface area contributed by atoms with E-state index in [4.69, 9.17) is 6.57 Å². The standard InChI is InChI=1S/C42H22N4S4/c1-43-44-38-30-20-24(36-22-34-41(49-36)39-32(16-18-47-39)45(34)26-8-4-2-5-9-26)12-14-28(30)29-15-13-25(21-31(29)38)37-23-35-42(50-37)40-33(17-19-48-40)46(35)27-10-6-3-7-11-27/h2-23H. The summed E-state index contributed by atoms with van der Waals surface area (Å²) in [4.78, 5) is 5.98. The lowest BCUT2D eigenvalue weighted by atomic mass is 10.0. The molecule has 1 aliphatic rings. The van der Waals surface area contributed by atoms with E-state index in [9.17, 15) is 0 Å². The number of nitrogens with zero attached hydrogens (tertiary/aromatic N) is 4. The molecule has 0 fully saturated rings. The van der Waals surface area contributed by atoms with Gasteiger partial charge in [-0.3, -0.25) is 0 Å². The molecule has 0 saturated heterocycles. The fourth-order valence-electron chi connectivity index (χ4n) is 7.53. The van der Waals surface area contributed by atoms with Crippen molar-refractivity contribution in [1.29, 1.82) is 0 Å². The van der Waals surface area contributed by atoms with Gasteiger partial charge in [-0.05, 0) is 93.7 Å². The van der Waals surface area contributed by atoms with Crippen LogP contribution in [0.2, 0.25) is 0 Å². The molecule has 0 aliphatic heterocycles. The lowest BCUT2D eigenvalue weighted by molar-refractivity contribution is 1.18. The largest absolute Gasteiger partial charge is 0.307 e. The molecule has 0 radical (unpaired) electrons. The van der Waals surface area contributed by atoms with Crippen molar-refractivity contribution in [2.45, 2.75) is 0 Å². The molecule has 0 atom stereocenters. The van der Waals surface area contributed by atoms with Crippen molar-refractivity contribution in [2.75, 3.05) is 0 Å². The first-order valence-corrected chi connectivity index (χ1v) is 19.5. The lowest BCUT2D eigenvalue weighted by Gasteiger charge is -2.06. The summed E-state index contributed by atoms with van der Waals surface area (Å²) in [5, 5.41) is 8.79. The molecule has 10 aromatic rings. The lowest BCUT2D eigenvalue weighted by Crippen LogP contribution is -1.97. The van der Waals surface area contributed by atoms with E-state index in [1.807, 2.05) is 22.7 Å². The number of para-hydroxylation sites is 2. The van der Waals surface area contributed by atoms with E-state index in [1.54, 1.807) is 22.7 Å². The number of hydrogen-bond acceptors (Lipinski definition) is 5. The van der Waals surface area contributed by atoms with E-state index in [1.165, 1.54) is 62.0 Å². The zero-order valence-electron chi connectivity index (χ0n) is 26.1. The van der Waals surface area contributed by atoms with Crippen LogP contribution in [0.3, 0.4) is 0 Å².